The standard InChI is InChI=1S/C24H27N3O2/c1-15(2)13-22-17(4)26-27(18(22)5)24(29)19-9-11-21(12-10-19)25-23(28)20-8-6-7-16(3)14-20/h6-12,14-15H,13H2,1-5H3,(H,25,28). The first kappa shape index (κ1) is 20.5. The second-order valence-corrected chi connectivity index (χ2v) is 7.87. The molecule has 1 N–H and O–H groups in total. The van der Waals surface area contributed by atoms with Gasteiger partial charge in [-0.2, -0.15) is 5.10 Å². The summed E-state index contributed by atoms with van der Waals surface area (Å²) in [7, 11) is 0. The van der Waals surface area contributed by atoms with Gasteiger partial charge in [-0.15, -0.1) is 0 Å². The van der Waals surface area contributed by atoms with E-state index in [1.807, 2.05) is 39.0 Å². The van der Waals surface area contributed by atoms with Gasteiger partial charge in [-0.05, 0) is 75.1 Å². The minimum Gasteiger partial charge on any atom is -0.322 e. The summed E-state index contributed by atoms with van der Waals surface area (Å²) in [5, 5.41) is 7.32. The van der Waals surface area contributed by atoms with E-state index >= 15 is 0 Å². The average molecular weight is 389 g/mol. The van der Waals surface area contributed by atoms with E-state index in [1.54, 1.807) is 30.3 Å². The van der Waals surface area contributed by atoms with Crippen LogP contribution in [-0.4, -0.2) is 21.6 Å². The molecule has 1 aromatic heterocycles. The Labute approximate surface area is 171 Å². The minimum absolute atomic E-state index is 0.169. The molecule has 29 heavy (non-hydrogen) atoms. The Kier molecular flexibility index (Phi) is 5.97. The van der Waals surface area contributed by atoms with Crippen LogP contribution < -0.4 is 5.32 Å². The summed E-state index contributed by atoms with van der Waals surface area (Å²) in [4.78, 5) is 25.3. The molecule has 0 fully saturated rings. The number of hydrogen-bond donors (Lipinski definition) is 1. The third-order valence-corrected chi connectivity index (χ3v) is 4.92. The molecular formula is C24H27N3O2. The number of rotatable bonds is 5. The van der Waals surface area contributed by atoms with Crippen LogP contribution in [0.1, 0.15) is 57.1 Å². The highest BCUT2D eigenvalue weighted by atomic mass is 16.2. The molecule has 0 spiro atoms. The summed E-state index contributed by atoms with van der Waals surface area (Å²) in [5.74, 6) is 0.151. The molecule has 3 aromatic rings. The number of benzene rings is 2. The smallest absolute Gasteiger partial charge is 0.278 e. The van der Waals surface area contributed by atoms with Crippen LogP contribution in [0.3, 0.4) is 0 Å². The molecule has 150 valence electrons. The Bertz CT molecular complexity index is 1050. The number of nitrogens with zero attached hydrogens (tertiary/aromatic N) is 2. The van der Waals surface area contributed by atoms with Gasteiger partial charge in [0, 0.05) is 22.5 Å². The summed E-state index contributed by atoms with van der Waals surface area (Å²) in [5.41, 5.74) is 5.72. The molecule has 2 aromatic carbocycles. The highest BCUT2D eigenvalue weighted by molar-refractivity contribution is 6.04. The number of amides is 1. The van der Waals surface area contributed by atoms with Crippen LogP contribution in [0.4, 0.5) is 5.69 Å². The van der Waals surface area contributed by atoms with Gasteiger partial charge in [0.05, 0.1) is 5.69 Å². The third-order valence-electron chi connectivity index (χ3n) is 4.92. The van der Waals surface area contributed by atoms with Crippen LogP contribution in [0.5, 0.6) is 0 Å². The van der Waals surface area contributed by atoms with Crippen LogP contribution in [0, 0.1) is 26.7 Å². The molecule has 5 heteroatoms. The maximum atomic E-state index is 12.9. The summed E-state index contributed by atoms with van der Waals surface area (Å²) in [6.45, 7) is 10.1. The lowest BCUT2D eigenvalue weighted by Crippen LogP contribution is -2.16. The molecule has 1 heterocycles. The Morgan fingerprint density at radius 3 is 2.31 bits per heavy atom. The van der Waals surface area contributed by atoms with Crippen LogP contribution in [0.15, 0.2) is 48.5 Å². The Morgan fingerprint density at radius 2 is 1.69 bits per heavy atom. The first-order valence-electron chi connectivity index (χ1n) is 9.84. The molecule has 0 radical (unpaired) electrons. The highest BCUT2D eigenvalue weighted by Crippen LogP contribution is 2.19. The van der Waals surface area contributed by atoms with Crippen molar-refractivity contribution in [2.45, 2.75) is 41.0 Å². The molecule has 0 saturated carbocycles. The molecule has 5 nitrogen and oxygen atoms in total. The predicted octanol–water partition coefficient (Wildman–Crippen LogP) is 4.95. The van der Waals surface area contributed by atoms with Crippen molar-refractivity contribution in [1.82, 2.24) is 9.78 Å². The van der Waals surface area contributed by atoms with Gasteiger partial charge < -0.3 is 5.32 Å². The Hall–Kier alpha value is -3.21. The lowest BCUT2D eigenvalue weighted by Gasteiger charge is -2.08. The van der Waals surface area contributed by atoms with E-state index in [9.17, 15) is 9.59 Å². The molecule has 3 rings (SSSR count). The van der Waals surface area contributed by atoms with Crippen LogP contribution >= 0.6 is 0 Å². The fraction of sp³-hybridized carbons (Fsp3) is 0.292. The molecular weight excluding hydrogens is 362 g/mol. The summed E-state index contributed by atoms with van der Waals surface area (Å²) < 4.78 is 1.48. The largest absolute Gasteiger partial charge is 0.322 e. The molecule has 0 aliphatic heterocycles. The zero-order valence-electron chi connectivity index (χ0n) is 17.6. The van der Waals surface area contributed by atoms with Gasteiger partial charge in [-0.1, -0.05) is 31.5 Å². The van der Waals surface area contributed by atoms with E-state index < -0.39 is 0 Å². The van der Waals surface area contributed by atoms with E-state index in [4.69, 9.17) is 0 Å². The van der Waals surface area contributed by atoms with Crippen molar-refractivity contribution in [2.75, 3.05) is 5.32 Å². The summed E-state index contributed by atoms with van der Waals surface area (Å²) in [6.07, 6.45) is 0.898. The fourth-order valence-corrected chi connectivity index (χ4v) is 3.38. The topological polar surface area (TPSA) is 64.0 Å². The lowest BCUT2D eigenvalue weighted by atomic mass is 10.0. The van der Waals surface area contributed by atoms with Crippen molar-refractivity contribution in [2.24, 2.45) is 5.92 Å². The quantitative estimate of drug-likeness (QED) is 0.672. The van der Waals surface area contributed by atoms with Gasteiger partial charge in [0.2, 0.25) is 0 Å². The van der Waals surface area contributed by atoms with E-state index in [0.717, 1.165) is 28.9 Å². The van der Waals surface area contributed by atoms with Crippen LogP contribution in [0.25, 0.3) is 0 Å². The summed E-state index contributed by atoms with van der Waals surface area (Å²) >= 11 is 0. The first-order chi connectivity index (χ1) is 13.8. The number of carbonyl (C=O) groups is 2. The van der Waals surface area contributed by atoms with E-state index in [-0.39, 0.29) is 11.8 Å². The minimum atomic E-state index is -0.176. The maximum Gasteiger partial charge on any atom is 0.278 e. The number of aryl methyl sites for hydroxylation is 2. The summed E-state index contributed by atoms with van der Waals surface area (Å²) in [6, 6.07) is 14.3. The monoisotopic (exact) mass is 389 g/mol. The Balaban J connectivity index is 1.76. The number of hydrogen-bond acceptors (Lipinski definition) is 3. The number of aromatic nitrogens is 2. The van der Waals surface area contributed by atoms with Crippen LogP contribution in [0.2, 0.25) is 0 Å². The van der Waals surface area contributed by atoms with Gasteiger partial charge in [-0.25, -0.2) is 4.68 Å². The number of nitrogens with one attached hydrogen (secondary N) is 1. The Morgan fingerprint density at radius 1 is 1.00 bits per heavy atom. The number of anilines is 1. The maximum absolute atomic E-state index is 12.9. The van der Waals surface area contributed by atoms with Crippen molar-refractivity contribution >= 4 is 17.5 Å². The van der Waals surface area contributed by atoms with E-state index in [0.29, 0.717) is 22.7 Å². The zero-order valence-corrected chi connectivity index (χ0v) is 17.6. The second kappa shape index (κ2) is 8.43. The van der Waals surface area contributed by atoms with Gasteiger partial charge in [0.1, 0.15) is 0 Å². The van der Waals surface area contributed by atoms with Gasteiger partial charge in [0.15, 0.2) is 0 Å². The van der Waals surface area contributed by atoms with Gasteiger partial charge in [-0.3, -0.25) is 9.59 Å². The molecule has 0 unspecified atom stereocenters. The van der Waals surface area contributed by atoms with E-state index in [1.165, 1.54) is 4.68 Å². The van der Waals surface area contributed by atoms with Crippen LogP contribution in [-0.2, 0) is 6.42 Å². The van der Waals surface area contributed by atoms with Crippen molar-refractivity contribution < 1.29 is 9.59 Å². The molecule has 0 saturated heterocycles. The molecule has 0 atom stereocenters. The van der Waals surface area contributed by atoms with Crippen molar-refractivity contribution in [3.05, 3.63) is 82.2 Å². The molecule has 1 amide bonds. The number of carbonyl (C=O) groups excluding carboxylic acids is 2. The lowest BCUT2D eigenvalue weighted by molar-refractivity contribution is 0.0941. The zero-order chi connectivity index (χ0) is 21.1. The normalized spacial score (nSPS) is 11.0. The molecule has 0 aliphatic rings. The molecule has 0 aliphatic carbocycles. The third kappa shape index (κ3) is 4.62. The van der Waals surface area contributed by atoms with E-state index in [2.05, 4.69) is 24.3 Å². The first-order valence-corrected chi connectivity index (χ1v) is 9.84. The fourth-order valence-electron chi connectivity index (χ4n) is 3.38. The van der Waals surface area contributed by atoms with Gasteiger partial charge in [0.25, 0.3) is 11.8 Å². The predicted molar refractivity (Wildman–Crippen MR) is 116 cm³/mol. The average Bonchev–Trinajstić information content (AvgIpc) is 2.96. The van der Waals surface area contributed by atoms with Crippen molar-refractivity contribution in [3.8, 4) is 0 Å². The SMILES string of the molecule is Cc1cccc(C(=O)Nc2ccc(C(=O)n3nc(C)c(CC(C)C)c3C)cc2)c1. The highest BCUT2D eigenvalue weighted by Gasteiger charge is 2.18. The van der Waals surface area contributed by atoms with Crippen molar-refractivity contribution in [1.29, 1.82) is 0 Å². The molecule has 0 bridgehead atoms. The van der Waals surface area contributed by atoms with Gasteiger partial charge >= 0.3 is 0 Å². The second-order valence-electron chi connectivity index (χ2n) is 7.87. The van der Waals surface area contributed by atoms with Crippen molar-refractivity contribution in [3.63, 3.8) is 0 Å².